The minimum absolute atomic E-state index is 0. The minimum atomic E-state index is -0.685. The lowest BCUT2D eigenvalue weighted by atomic mass is 10.0. The molecule has 0 saturated carbocycles. The van der Waals surface area contributed by atoms with Crippen molar-refractivity contribution in [2.75, 3.05) is 39.8 Å². The Labute approximate surface area is 259 Å². The Morgan fingerprint density at radius 3 is 2.71 bits per heavy atom. The Morgan fingerprint density at radius 1 is 1.24 bits per heavy atom. The molecule has 4 aromatic rings. The third kappa shape index (κ3) is 6.66. The zero-order chi connectivity index (χ0) is 27.8. The quantitative estimate of drug-likeness (QED) is 0.230. The number of likely N-dealkylation sites (tertiary alicyclic amines) is 1. The monoisotopic (exact) mass is 641 g/mol. The van der Waals surface area contributed by atoms with Crippen LogP contribution in [0.15, 0.2) is 36.5 Å². The molecule has 2 aromatic heterocycles. The van der Waals surface area contributed by atoms with Gasteiger partial charge >= 0.3 is 0 Å². The van der Waals surface area contributed by atoms with E-state index in [0.717, 1.165) is 41.2 Å². The summed E-state index contributed by atoms with van der Waals surface area (Å²) in [5.74, 6) is -0.0636. The molecule has 2 aromatic carbocycles. The zero-order valence-corrected chi connectivity index (χ0v) is 25.6. The minimum Gasteiger partial charge on any atom is -0.496 e. The number of alkyl halides is 1. The number of methoxy groups -OCH3 is 1. The van der Waals surface area contributed by atoms with E-state index in [1.807, 2.05) is 28.8 Å². The maximum atomic E-state index is 15.0. The molecule has 42 heavy (non-hydrogen) atoms. The van der Waals surface area contributed by atoms with Crippen LogP contribution in [0.3, 0.4) is 0 Å². The van der Waals surface area contributed by atoms with Gasteiger partial charge in [0, 0.05) is 55.6 Å². The predicted octanol–water partition coefficient (Wildman–Crippen LogP) is 5.16. The van der Waals surface area contributed by atoms with Gasteiger partial charge in [0.2, 0.25) is 0 Å². The number of benzene rings is 2. The Morgan fingerprint density at radius 2 is 2.02 bits per heavy atom. The van der Waals surface area contributed by atoms with Crippen LogP contribution in [0.5, 0.6) is 5.75 Å². The van der Waals surface area contributed by atoms with E-state index in [4.69, 9.17) is 9.72 Å². The highest BCUT2D eigenvalue weighted by molar-refractivity contribution is 7.23. The summed E-state index contributed by atoms with van der Waals surface area (Å²) in [6, 6.07) is 8.56. The number of fused-ring (bicyclic) bond motifs is 3. The molecule has 2 saturated heterocycles. The Bertz CT molecular complexity index is 1540. The smallest absolute Gasteiger partial charge is 0.255 e. The number of ether oxygens (including phenoxy) is 1. The number of amides is 1. The molecule has 13 heteroatoms. The van der Waals surface area contributed by atoms with Crippen LogP contribution in [-0.2, 0) is 0 Å². The molecule has 0 unspecified atom stereocenters. The third-order valence-electron chi connectivity index (χ3n) is 7.89. The van der Waals surface area contributed by atoms with E-state index in [2.05, 4.69) is 15.5 Å². The second-order valence-electron chi connectivity index (χ2n) is 10.6. The maximum absolute atomic E-state index is 15.0. The molecule has 2 aliphatic rings. The van der Waals surface area contributed by atoms with Crippen molar-refractivity contribution < 1.29 is 23.4 Å². The first-order valence-corrected chi connectivity index (χ1v) is 14.6. The Hall–Kier alpha value is -2.54. The van der Waals surface area contributed by atoms with Crippen molar-refractivity contribution in [3.8, 4) is 17.0 Å². The van der Waals surface area contributed by atoms with E-state index >= 15 is 0 Å². The van der Waals surface area contributed by atoms with Gasteiger partial charge < -0.3 is 25.4 Å². The van der Waals surface area contributed by atoms with Gasteiger partial charge in [-0.15, -0.1) is 24.8 Å². The van der Waals surface area contributed by atoms with E-state index in [9.17, 15) is 18.7 Å². The van der Waals surface area contributed by atoms with E-state index < -0.39 is 12.3 Å². The van der Waals surface area contributed by atoms with Crippen molar-refractivity contribution >= 4 is 57.2 Å². The normalized spacial score (nSPS) is 19.5. The molecule has 0 radical (unpaired) electrons. The first-order chi connectivity index (χ1) is 19.4. The molecule has 228 valence electrons. The van der Waals surface area contributed by atoms with Crippen molar-refractivity contribution in [2.24, 2.45) is 0 Å². The van der Waals surface area contributed by atoms with Gasteiger partial charge in [-0.05, 0) is 44.4 Å². The van der Waals surface area contributed by atoms with Gasteiger partial charge in [-0.1, -0.05) is 23.5 Å². The number of β-amino-alcohol motifs (C(OH)–C–C–N with tert-alkyl or cyclic N) is 1. The number of imidazole rings is 1. The van der Waals surface area contributed by atoms with Crippen LogP contribution in [0.1, 0.15) is 47.6 Å². The number of halogens is 4. The molecule has 2 fully saturated rings. The molecular formula is C29H35Cl2F2N5O3S. The van der Waals surface area contributed by atoms with Crippen LogP contribution in [-0.4, -0.2) is 77.4 Å². The van der Waals surface area contributed by atoms with Gasteiger partial charge in [-0.2, -0.15) is 0 Å². The predicted molar refractivity (Wildman–Crippen MR) is 166 cm³/mol. The van der Waals surface area contributed by atoms with Gasteiger partial charge in [0.15, 0.2) is 4.96 Å². The molecule has 8 nitrogen and oxygen atoms in total. The molecule has 0 bridgehead atoms. The van der Waals surface area contributed by atoms with Crippen molar-refractivity contribution in [3.05, 3.63) is 53.5 Å². The lowest BCUT2D eigenvalue weighted by Crippen LogP contribution is -2.36. The lowest BCUT2D eigenvalue weighted by molar-refractivity contribution is 0.0947. The molecule has 0 aliphatic carbocycles. The van der Waals surface area contributed by atoms with Gasteiger partial charge in [0.25, 0.3) is 5.91 Å². The summed E-state index contributed by atoms with van der Waals surface area (Å²) in [4.78, 5) is 20.7. The fraction of sp³-hybridized carbons (Fsp3) is 0.448. The summed E-state index contributed by atoms with van der Waals surface area (Å²) in [6.45, 7) is 3.36. The summed E-state index contributed by atoms with van der Waals surface area (Å²) in [5, 5.41) is 15.9. The molecule has 2 aliphatic heterocycles. The van der Waals surface area contributed by atoms with Crippen molar-refractivity contribution in [1.82, 2.24) is 24.9 Å². The summed E-state index contributed by atoms with van der Waals surface area (Å²) >= 11 is 1.45. The number of rotatable bonds is 8. The van der Waals surface area contributed by atoms with Crippen LogP contribution in [0.4, 0.5) is 8.78 Å². The first-order valence-electron chi connectivity index (χ1n) is 13.7. The van der Waals surface area contributed by atoms with Gasteiger partial charge in [-0.25, -0.2) is 13.8 Å². The fourth-order valence-electron chi connectivity index (χ4n) is 5.66. The summed E-state index contributed by atoms with van der Waals surface area (Å²) in [6.07, 6.45) is 3.18. The Balaban J connectivity index is 0.00000202. The van der Waals surface area contributed by atoms with Crippen LogP contribution in [0.25, 0.3) is 26.4 Å². The Kier molecular flexibility index (Phi) is 10.7. The van der Waals surface area contributed by atoms with Crippen LogP contribution >= 0.6 is 36.2 Å². The van der Waals surface area contributed by atoms with Crippen molar-refractivity contribution in [1.29, 1.82) is 0 Å². The number of aliphatic hydroxyl groups excluding tert-OH is 1. The highest BCUT2D eigenvalue weighted by atomic mass is 35.5. The largest absolute Gasteiger partial charge is 0.496 e. The second-order valence-corrected chi connectivity index (χ2v) is 11.6. The number of carbonyl (C=O) groups excluding carboxylic acids is 1. The molecular weight excluding hydrogens is 607 g/mol. The third-order valence-corrected chi connectivity index (χ3v) is 8.91. The number of hydrogen-bond donors (Lipinski definition) is 3. The van der Waals surface area contributed by atoms with Gasteiger partial charge in [0.05, 0.1) is 34.7 Å². The topological polar surface area (TPSA) is 91.1 Å². The summed E-state index contributed by atoms with van der Waals surface area (Å²) in [5.41, 5.74) is 3.17. The molecule has 0 spiro atoms. The number of aliphatic hydroxyl groups is 1. The highest BCUT2D eigenvalue weighted by Gasteiger charge is 2.26. The SMILES string of the molecule is COc1cc2c(cc1C(=O)NCCCN1CCC(F)CC1)sc1nc(-c3ccc([C@H]4C[C@@H](O)CN4)c(F)c3)cn12.Cl.Cl. The van der Waals surface area contributed by atoms with E-state index in [0.29, 0.717) is 60.5 Å². The van der Waals surface area contributed by atoms with Crippen molar-refractivity contribution in [3.63, 3.8) is 0 Å². The molecule has 4 heterocycles. The lowest BCUT2D eigenvalue weighted by Gasteiger charge is -2.28. The molecule has 2 atom stereocenters. The molecule has 1 amide bonds. The number of piperidine rings is 1. The van der Waals surface area contributed by atoms with Gasteiger partial charge in [0.1, 0.15) is 17.7 Å². The molecule has 3 N–H and O–H groups in total. The van der Waals surface area contributed by atoms with Crippen LogP contribution in [0, 0.1) is 5.82 Å². The second kappa shape index (κ2) is 13.8. The number of carbonyl (C=O) groups is 1. The van der Waals surface area contributed by atoms with Crippen LogP contribution in [0.2, 0.25) is 0 Å². The average Bonchev–Trinajstić information content (AvgIpc) is 3.65. The highest BCUT2D eigenvalue weighted by Crippen LogP contribution is 2.35. The summed E-state index contributed by atoms with van der Waals surface area (Å²) < 4.78 is 36.7. The van der Waals surface area contributed by atoms with E-state index in [-0.39, 0.29) is 42.6 Å². The number of nitrogens with one attached hydrogen (secondary N) is 2. The summed E-state index contributed by atoms with van der Waals surface area (Å²) in [7, 11) is 1.54. The average molecular weight is 643 g/mol. The number of aromatic nitrogens is 2. The molecule has 6 rings (SSSR count). The van der Waals surface area contributed by atoms with Gasteiger partial charge in [-0.3, -0.25) is 9.20 Å². The standard InChI is InChI=1S/C29H33F2N5O3S.2ClH/c1-39-26-14-25-27(13-21(26)28(38)32-7-2-8-35-9-5-18(30)6-10-35)40-29-34-24(16-36(25)29)17-3-4-20(22(31)11-17)23-12-19(37)15-33-23;;/h3-4,11,13-14,16,18-19,23,33,37H,2,5-10,12,15H2,1H3,(H,32,38);2*1H/t19-,23-;;/m1../s1. The van der Waals surface area contributed by atoms with E-state index in [1.54, 1.807) is 6.07 Å². The number of hydrogen-bond acceptors (Lipinski definition) is 7. The van der Waals surface area contributed by atoms with Crippen LogP contribution < -0.4 is 15.4 Å². The van der Waals surface area contributed by atoms with Crippen molar-refractivity contribution in [2.45, 2.75) is 44.0 Å². The van der Waals surface area contributed by atoms with E-state index in [1.165, 1.54) is 24.5 Å². The number of thiazole rings is 1. The number of nitrogens with zero attached hydrogens (tertiary/aromatic N) is 3. The first kappa shape index (κ1) is 32.4. The fourth-order valence-corrected chi connectivity index (χ4v) is 6.69. The zero-order valence-electron chi connectivity index (χ0n) is 23.1. The maximum Gasteiger partial charge on any atom is 0.255 e.